The number of nitrogens with one attached hydrogen (secondary N) is 1. The number of benzene rings is 1. The van der Waals surface area contributed by atoms with Gasteiger partial charge in [-0.2, -0.15) is 5.26 Å². The number of aryl methyl sites for hydroxylation is 1. The fourth-order valence-electron chi connectivity index (χ4n) is 3.40. The molecule has 2 aliphatic heterocycles. The number of ether oxygens (including phenoxy) is 4. The van der Waals surface area contributed by atoms with Crippen molar-refractivity contribution in [1.29, 1.82) is 5.26 Å². The monoisotopic (exact) mass is 354 g/mol. The molecule has 134 valence electrons. The number of rotatable bonds is 4. The highest BCUT2D eigenvalue weighted by Crippen LogP contribution is 2.48. The summed E-state index contributed by atoms with van der Waals surface area (Å²) in [7, 11) is 1.56. The summed E-state index contributed by atoms with van der Waals surface area (Å²) >= 11 is 0. The highest BCUT2D eigenvalue weighted by molar-refractivity contribution is 5.61. The summed E-state index contributed by atoms with van der Waals surface area (Å²) in [4.78, 5) is 0. The summed E-state index contributed by atoms with van der Waals surface area (Å²) in [5, 5.41) is 16.9. The van der Waals surface area contributed by atoms with Gasteiger partial charge in [0, 0.05) is 11.3 Å². The van der Waals surface area contributed by atoms with E-state index in [1.807, 2.05) is 12.1 Å². The molecule has 3 N–H and O–H groups in total. The van der Waals surface area contributed by atoms with Crippen LogP contribution in [0.25, 0.3) is 0 Å². The Kier molecular flexibility index (Phi) is 3.84. The number of H-pyrrole nitrogens is 1. The Bertz CT molecular complexity index is 941. The van der Waals surface area contributed by atoms with E-state index in [0.717, 1.165) is 29.7 Å². The van der Waals surface area contributed by atoms with Crippen molar-refractivity contribution in [3.05, 3.63) is 40.4 Å². The molecule has 1 atom stereocenters. The van der Waals surface area contributed by atoms with Crippen LogP contribution in [-0.2, 0) is 6.42 Å². The molecule has 1 aromatic carbocycles. The minimum Gasteiger partial charge on any atom is -0.493 e. The van der Waals surface area contributed by atoms with Gasteiger partial charge in [0.15, 0.2) is 11.5 Å². The van der Waals surface area contributed by atoms with Gasteiger partial charge < -0.3 is 24.7 Å². The SMILES string of the molecule is CCCc1[nH]nc2c1[C@@H](c1cc(OC)c3c(c1)OCO3)C(C#N)=C(N)O2. The van der Waals surface area contributed by atoms with Gasteiger partial charge >= 0.3 is 0 Å². The van der Waals surface area contributed by atoms with Crippen LogP contribution in [0, 0.1) is 11.3 Å². The first-order valence-corrected chi connectivity index (χ1v) is 8.30. The summed E-state index contributed by atoms with van der Waals surface area (Å²) in [6, 6.07) is 5.86. The molecule has 26 heavy (non-hydrogen) atoms. The van der Waals surface area contributed by atoms with Crippen LogP contribution >= 0.6 is 0 Å². The maximum atomic E-state index is 9.71. The minimum atomic E-state index is -0.424. The zero-order valence-electron chi connectivity index (χ0n) is 14.5. The van der Waals surface area contributed by atoms with Crippen molar-refractivity contribution in [2.75, 3.05) is 13.9 Å². The van der Waals surface area contributed by atoms with Crippen molar-refractivity contribution < 1.29 is 18.9 Å². The molecule has 1 aromatic heterocycles. The fraction of sp³-hybridized carbons (Fsp3) is 0.333. The van der Waals surface area contributed by atoms with Crippen molar-refractivity contribution >= 4 is 0 Å². The molecule has 0 radical (unpaired) electrons. The predicted octanol–water partition coefficient (Wildman–Crippen LogP) is 2.32. The largest absolute Gasteiger partial charge is 0.493 e. The highest BCUT2D eigenvalue weighted by Gasteiger charge is 2.36. The number of aromatic nitrogens is 2. The van der Waals surface area contributed by atoms with Gasteiger partial charge in [-0.1, -0.05) is 13.3 Å². The number of nitriles is 1. The van der Waals surface area contributed by atoms with Crippen LogP contribution in [-0.4, -0.2) is 24.1 Å². The van der Waals surface area contributed by atoms with E-state index in [9.17, 15) is 5.26 Å². The fourth-order valence-corrected chi connectivity index (χ4v) is 3.40. The van der Waals surface area contributed by atoms with Crippen molar-refractivity contribution in [3.63, 3.8) is 0 Å². The highest BCUT2D eigenvalue weighted by atomic mass is 16.7. The Morgan fingerprint density at radius 3 is 3.00 bits per heavy atom. The summed E-state index contributed by atoms with van der Waals surface area (Å²) in [5.41, 5.74) is 8.86. The van der Waals surface area contributed by atoms with E-state index in [0.29, 0.717) is 28.7 Å². The van der Waals surface area contributed by atoms with Crippen LogP contribution in [0.5, 0.6) is 23.1 Å². The first-order chi connectivity index (χ1) is 12.7. The second-order valence-corrected chi connectivity index (χ2v) is 6.05. The van der Waals surface area contributed by atoms with Gasteiger partial charge in [-0.3, -0.25) is 5.10 Å². The molecular formula is C18H18N4O4. The number of nitrogens with zero attached hydrogens (tertiary/aromatic N) is 2. The summed E-state index contributed by atoms with van der Waals surface area (Å²) in [6.45, 7) is 2.20. The van der Waals surface area contributed by atoms with Crippen molar-refractivity contribution in [1.82, 2.24) is 10.2 Å². The number of hydrogen-bond donors (Lipinski definition) is 2. The third-order valence-corrected chi connectivity index (χ3v) is 4.53. The van der Waals surface area contributed by atoms with Crippen molar-refractivity contribution in [2.45, 2.75) is 25.7 Å². The Morgan fingerprint density at radius 2 is 2.27 bits per heavy atom. The van der Waals surface area contributed by atoms with E-state index in [4.69, 9.17) is 24.7 Å². The van der Waals surface area contributed by atoms with Gasteiger partial charge in [-0.15, -0.1) is 5.10 Å². The quantitative estimate of drug-likeness (QED) is 0.865. The Balaban J connectivity index is 1.93. The molecule has 0 saturated heterocycles. The smallest absolute Gasteiger partial charge is 0.244 e. The van der Waals surface area contributed by atoms with E-state index < -0.39 is 5.92 Å². The van der Waals surface area contributed by atoms with Gasteiger partial charge in [0.1, 0.15) is 11.6 Å². The van der Waals surface area contributed by atoms with Gasteiger partial charge in [0.2, 0.25) is 24.3 Å². The zero-order valence-corrected chi connectivity index (χ0v) is 14.5. The maximum Gasteiger partial charge on any atom is 0.244 e. The second kappa shape index (κ2) is 6.19. The normalized spacial score (nSPS) is 17.5. The summed E-state index contributed by atoms with van der Waals surface area (Å²) in [5.74, 6) is 1.69. The first kappa shape index (κ1) is 16.1. The topological polar surface area (TPSA) is 115 Å². The van der Waals surface area contributed by atoms with Crippen LogP contribution in [0.2, 0.25) is 0 Å². The van der Waals surface area contributed by atoms with E-state index in [-0.39, 0.29) is 12.7 Å². The van der Waals surface area contributed by atoms with Gasteiger partial charge in [0.05, 0.1) is 13.0 Å². The van der Waals surface area contributed by atoms with E-state index in [1.54, 1.807) is 7.11 Å². The molecule has 8 heteroatoms. The third kappa shape index (κ3) is 2.32. The second-order valence-electron chi connectivity index (χ2n) is 6.05. The van der Waals surface area contributed by atoms with Crippen molar-refractivity contribution in [2.24, 2.45) is 5.73 Å². The number of aromatic amines is 1. The number of allylic oxidation sites excluding steroid dienone is 1. The number of fused-ring (bicyclic) bond motifs is 2. The van der Waals surface area contributed by atoms with Crippen LogP contribution in [0.1, 0.15) is 36.1 Å². The number of methoxy groups -OCH3 is 1. The molecule has 0 spiro atoms. The van der Waals surface area contributed by atoms with Crippen LogP contribution in [0.3, 0.4) is 0 Å². The van der Waals surface area contributed by atoms with E-state index >= 15 is 0 Å². The molecule has 8 nitrogen and oxygen atoms in total. The third-order valence-electron chi connectivity index (χ3n) is 4.53. The molecular weight excluding hydrogens is 336 g/mol. The number of hydrogen-bond acceptors (Lipinski definition) is 7. The molecule has 3 heterocycles. The molecule has 0 bridgehead atoms. The minimum absolute atomic E-state index is 0.0520. The average Bonchev–Trinajstić information content (AvgIpc) is 3.27. The first-order valence-electron chi connectivity index (χ1n) is 8.30. The Labute approximate surface area is 150 Å². The molecule has 4 rings (SSSR count). The van der Waals surface area contributed by atoms with Gasteiger partial charge in [0.25, 0.3) is 0 Å². The summed E-state index contributed by atoms with van der Waals surface area (Å²) in [6.07, 6.45) is 1.70. The Morgan fingerprint density at radius 1 is 1.42 bits per heavy atom. The lowest BCUT2D eigenvalue weighted by molar-refractivity contribution is 0.171. The average molecular weight is 354 g/mol. The van der Waals surface area contributed by atoms with Crippen LogP contribution < -0.4 is 24.7 Å². The maximum absolute atomic E-state index is 9.71. The Hall–Kier alpha value is -3.34. The lowest BCUT2D eigenvalue weighted by Crippen LogP contribution is -2.21. The lowest BCUT2D eigenvalue weighted by atomic mass is 9.83. The molecule has 0 unspecified atom stereocenters. The molecule has 2 aromatic rings. The van der Waals surface area contributed by atoms with Gasteiger partial charge in [-0.25, -0.2) is 0 Å². The van der Waals surface area contributed by atoms with E-state index in [2.05, 4.69) is 23.2 Å². The van der Waals surface area contributed by atoms with Crippen LogP contribution in [0.4, 0.5) is 0 Å². The lowest BCUT2D eigenvalue weighted by Gasteiger charge is -2.24. The molecule has 0 aliphatic carbocycles. The van der Waals surface area contributed by atoms with Crippen LogP contribution in [0.15, 0.2) is 23.6 Å². The standard InChI is InChI=1S/C18H18N4O4/c1-3-4-11-15-14(10(7-19)17(20)26-18(15)22-21-11)9-5-12(23-2)16-13(6-9)24-8-25-16/h5-6,14H,3-4,8,20H2,1-2H3,(H,21,22)/t14-/m0/s1. The molecule has 2 aliphatic rings. The van der Waals surface area contributed by atoms with E-state index in [1.165, 1.54) is 0 Å². The summed E-state index contributed by atoms with van der Waals surface area (Å²) < 4.78 is 22.0. The molecule has 0 amide bonds. The predicted molar refractivity (Wildman–Crippen MR) is 91.0 cm³/mol. The molecule has 0 fully saturated rings. The van der Waals surface area contributed by atoms with Gasteiger partial charge in [-0.05, 0) is 24.1 Å². The van der Waals surface area contributed by atoms with Crippen molar-refractivity contribution in [3.8, 4) is 29.2 Å². The number of nitrogens with two attached hydrogens (primary N) is 1. The molecule has 0 saturated carbocycles. The zero-order chi connectivity index (χ0) is 18.3.